The summed E-state index contributed by atoms with van der Waals surface area (Å²) in [6, 6.07) is 24.5. The molecule has 0 bridgehead atoms. The third kappa shape index (κ3) is 4.60. The largest absolute Gasteiger partial charge is 0.455 e. The van der Waals surface area contributed by atoms with E-state index in [0.717, 1.165) is 10.6 Å². The molecule has 0 radical (unpaired) electrons. The standard InChI is InChI=1S/C23H20N2O3S/c26-22(14-15-25-19-11-5-7-13-21(19)29-16-23(25)27)24-18-10-4-6-12-20(18)28-17-8-2-1-3-9-17/h1-13H,14-16H2,(H,24,26). The van der Waals surface area contributed by atoms with E-state index in [2.05, 4.69) is 5.32 Å². The van der Waals surface area contributed by atoms with Crippen molar-refractivity contribution < 1.29 is 14.3 Å². The molecule has 2 amide bonds. The molecule has 0 atom stereocenters. The van der Waals surface area contributed by atoms with Crippen molar-refractivity contribution in [3.05, 3.63) is 78.9 Å². The van der Waals surface area contributed by atoms with E-state index in [1.165, 1.54) is 11.8 Å². The molecule has 6 heteroatoms. The monoisotopic (exact) mass is 404 g/mol. The Morgan fingerprint density at radius 2 is 1.69 bits per heavy atom. The van der Waals surface area contributed by atoms with Crippen LogP contribution in [0, 0.1) is 0 Å². The second kappa shape index (κ2) is 8.84. The van der Waals surface area contributed by atoms with E-state index in [4.69, 9.17) is 4.74 Å². The summed E-state index contributed by atoms with van der Waals surface area (Å²) in [4.78, 5) is 27.7. The van der Waals surface area contributed by atoms with E-state index in [1.807, 2.05) is 72.8 Å². The molecule has 0 aliphatic carbocycles. The third-order valence-corrected chi connectivity index (χ3v) is 5.55. The molecule has 1 aliphatic rings. The van der Waals surface area contributed by atoms with Crippen molar-refractivity contribution in [1.82, 2.24) is 0 Å². The van der Waals surface area contributed by atoms with E-state index < -0.39 is 0 Å². The predicted octanol–water partition coefficient (Wildman–Crippen LogP) is 4.95. The first kappa shape index (κ1) is 19.1. The Hall–Kier alpha value is -3.25. The van der Waals surface area contributed by atoms with E-state index in [-0.39, 0.29) is 18.2 Å². The first-order valence-corrected chi connectivity index (χ1v) is 10.3. The Morgan fingerprint density at radius 3 is 2.55 bits per heavy atom. The van der Waals surface area contributed by atoms with Crippen LogP contribution in [0.3, 0.4) is 0 Å². The number of fused-ring (bicyclic) bond motifs is 1. The zero-order chi connectivity index (χ0) is 20.1. The number of para-hydroxylation sites is 4. The molecule has 5 nitrogen and oxygen atoms in total. The molecule has 0 aromatic heterocycles. The van der Waals surface area contributed by atoms with Gasteiger partial charge in [0, 0.05) is 17.9 Å². The number of thioether (sulfide) groups is 1. The number of carbonyl (C=O) groups is 2. The maximum atomic E-state index is 12.6. The van der Waals surface area contributed by atoms with Gasteiger partial charge in [0.05, 0.1) is 17.1 Å². The van der Waals surface area contributed by atoms with Crippen molar-refractivity contribution in [2.24, 2.45) is 0 Å². The summed E-state index contributed by atoms with van der Waals surface area (Å²) >= 11 is 1.53. The quantitative estimate of drug-likeness (QED) is 0.632. The molecule has 146 valence electrons. The van der Waals surface area contributed by atoms with Crippen molar-refractivity contribution in [2.75, 3.05) is 22.5 Å². The van der Waals surface area contributed by atoms with E-state index in [9.17, 15) is 9.59 Å². The maximum absolute atomic E-state index is 12.6. The molecule has 29 heavy (non-hydrogen) atoms. The third-order valence-electron chi connectivity index (χ3n) is 4.50. The molecule has 1 aliphatic heterocycles. The van der Waals surface area contributed by atoms with Crippen LogP contribution in [0.2, 0.25) is 0 Å². The summed E-state index contributed by atoms with van der Waals surface area (Å²) in [5.41, 5.74) is 1.47. The van der Waals surface area contributed by atoms with Crippen LogP contribution < -0.4 is 15.0 Å². The number of ether oxygens (including phenoxy) is 1. The highest BCUT2D eigenvalue weighted by molar-refractivity contribution is 8.00. The van der Waals surface area contributed by atoms with Crippen LogP contribution in [0.1, 0.15) is 6.42 Å². The first-order chi connectivity index (χ1) is 14.2. The van der Waals surface area contributed by atoms with E-state index in [1.54, 1.807) is 11.0 Å². The lowest BCUT2D eigenvalue weighted by molar-refractivity contribution is -0.117. The van der Waals surface area contributed by atoms with Crippen LogP contribution in [-0.2, 0) is 9.59 Å². The molecule has 0 fully saturated rings. The minimum absolute atomic E-state index is 0.0225. The van der Waals surface area contributed by atoms with Gasteiger partial charge in [-0.3, -0.25) is 9.59 Å². The van der Waals surface area contributed by atoms with Gasteiger partial charge in [-0.2, -0.15) is 0 Å². The maximum Gasteiger partial charge on any atom is 0.237 e. The molecule has 1 N–H and O–H groups in total. The Labute approximate surface area is 173 Å². The average molecular weight is 404 g/mol. The van der Waals surface area contributed by atoms with Crippen LogP contribution in [0.25, 0.3) is 0 Å². The number of rotatable bonds is 6. The number of amides is 2. The van der Waals surface area contributed by atoms with Crippen LogP contribution >= 0.6 is 11.8 Å². The van der Waals surface area contributed by atoms with E-state index in [0.29, 0.717) is 29.5 Å². The summed E-state index contributed by atoms with van der Waals surface area (Å²) in [5.74, 6) is 1.52. The molecule has 0 saturated heterocycles. The van der Waals surface area contributed by atoms with Gasteiger partial charge < -0.3 is 15.0 Å². The highest BCUT2D eigenvalue weighted by Crippen LogP contribution is 2.35. The van der Waals surface area contributed by atoms with E-state index >= 15 is 0 Å². The van der Waals surface area contributed by atoms with Gasteiger partial charge in [-0.05, 0) is 36.4 Å². The van der Waals surface area contributed by atoms with Crippen molar-refractivity contribution in [1.29, 1.82) is 0 Å². The van der Waals surface area contributed by atoms with Gasteiger partial charge in [0.2, 0.25) is 11.8 Å². The van der Waals surface area contributed by atoms with Crippen molar-refractivity contribution in [3.63, 3.8) is 0 Å². The Balaban J connectivity index is 1.42. The van der Waals surface area contributed by atoms with Crippen LogP contribution in [0.5, 0.6) is 11.5 Å². The second-order valence-corrected chi connectivity index (χ2v) is 7.53. The number of hydrogen-bond donors (Lipinski definition) is 1. The zero-order valence-electron chi connectivity index (χ0n) is 15.7. The Bertz CT molecular complexity index is 1020. The number of nitrogens with zero attached hydrogens (tertiary/aromatic N) is 1. The lowest BCUT2D eigenvalue weighted by Crippen LogP contribution is -2.37. The minimum atomic E-state index is -0.169. The highest BCUT2D eigenvalue weighted by Gasteiger charge is 2.24. The molecule has 3 aromatic rings. The molecule has 4 rings (SSSR count). The topological polar surface area (TPSA) is 58.6 Å². The van der Waals surface area contributed by atoms with Crippen LogP contribution in [0.4, 0.5) is 11.4 Å². The lowest BCUT2D eigenvalue weighted by Gasteiger charge is -2.28. The summed E-state index contributed by atoms with van der Waals surface area (Å²) in [7, 11) is 0. The lowest BCUT2D eigenvalue weighted by atomic mass is 10.2. The first-order valence-electron chi connectivity index (χ1n) is 9.35. The minimum Gasteiger partial charge on any atom is -0.455 e. The molecule has 0 saturated carbocycles. The number of nitrogens with one attached hydrogen (secondary N) is 1. The Kier molecular flexibility index (Phi) is 5.81. The van der Waals surface area contributed by atoms with Gasteiger partial charge in [0.1, 0.15) is 5.75 Å². The van der Waals surface area contributed by atoms with Crippen molar-refractivity contribution in [2.45, 2.75) is 11.3 Å². The highest BCUT2D eigenvalue weighted by atomic mass is 32.2. The number of hydrogen-bond acceptors (Lipinski definition) is 4. The van der Waals surface area contributed by atoms with Gasteiger partial charge >= 0.3 is 0 Å². The van der Waals surface area contributed by atoms with Crippen molar-refractivity contribution >= 4 is 35.0 Å². The zero-order valence-corrected chi connectivity index (χ0v) is 16.5. The number of carbonyl (C=O) groups excluding carboxylic acids is 2. The second-order valence-electron chi connectivity index (χ2n) is 6.51. The van der Waals surface area contributed by atoms with Gasteiger partial charge in [-0.1, -0.05) is 42.5 Å². The summed E-state index contributed by atoms with van der Waals surface area (Å²) in [6.07, 6.45) is 0.199. The average Bonchev–Trinajstić information content (AvgIpc) is 2.75. The predicted molar refractivity (Wildman–Crippen MR) is 116 cm³/mol. The number of anilines is 2. The molecule has 0 unspecified atom stereocenters. The van der Waals surface area contributed by atoms with Gasteiger partial charge in [0.15, 0.2) is 5.75 Å². The molecule has 1 heterocycles. The number of benzene rings is 3. The van der Waals surface area contributed by atoms with Crippen LogP contribution in [0.15, 0.2) is 83.8 Å². The summed E-state index contributed by atoms with van der Waals surface area (Å²) in [5, 5.41) is 2.90. The van der Waals surface area contributed by atoms with Crippen LogP contribution in [-0.4, -0.2) is 24.1 Å². The fourth-order valence-corrected chi connectivity index (χ4v) is 4.04. The molecule has 0 spiro atoms. The normalized spacial score (nSPS) is 13.0. The van der Waals surface area contributed by atoms with Crippen molar-refractivity contribution in [3.8, 4) is 11.5 Å². The van der Waals surface area contributed by atoms with Gasteiger partial charge in [0.25, 0.3) is 0 Å². The van der Waals surface area contributed by atoms with Gasteiger partial charge in [-0.25, -0.2) is 0 Å². The summed E-state index contributed by atoms with van der Waals surface area (Å²) in [6.45, 7) is 0.337. The smallest absolute Gasteiger partial charge is 0.237 e. The fraction of sp³-hybridized carbons (Fsp3) is 0.130. The fourth-order valence-electron chi connectivity index (χ4n) is 3.10. The molecule has 3 aromatic carbocycles. The SMILES string of the molecule is O=C(CCN1C(=O)CSc2ccccc21)Nc1ccccc1Oc1ccccc1. The molecular formula is C23H20N2O3S. The summed E-state index contributed by atoms with van der Waals surface area (Å²) < 4.78 is 5.89. The Morgan fingerprint density at radius 1 is 0.966 bits per heavy atom. The molecular weight excluding hydrogens is 384 g/mol. The van der Waals surface area contributed by atoms with Gasteiger partial charge in [-0.15, -0.1) is 11.8 Å².